The number of nitrogens with zero attached hydrogens (tertiary/aromatic N) is 1. The van der Waals surface area contributed by atoms with Crippen molar-refractivity contribution in [3.63, 3.8) is 0 Å². The second-order valence-electron chi connectivity index (χ2n) is 6.21. The Labute approximate surface area is 123 Å². The SMILES string of the molecule is CC1CCN(CCCCCCCCCBr)CC1C. The maximum absolute atomic E-state index is 3.49. The molecule has 1 rings (SSSR count). The Bertz CT molecular complexity index is 196. The lowest BCUT2D eigenvalue weighted by Crippen LogP contribution is -2.38. The summed E-state index contributed by atoms with van der Waals surface area (Å²) in [6, 6.07) is 0. The lowest BCUT2D eigenvalue weighted by Gasteiger charge is -2.35. The van der Waals surface area contributed by atoms with Crippen molar-refractivity contribution in [2.75, 3.05) is 25.0 Å². The van der Waals surface area contributed by atoms with Crippen molar-refractivity contribution in [3.8, 4) is 0 Å². The average molecular weight is 318 g/mol. The molecule has 18 heavy (non-hydrogen) atoms. The van der Waals surface area contributed by atoms with E-state index in [4.69, 9.17) is 0 Å². The molecule has 1 aliphatic heterocycles. The highest BCUT2D eigenvalue weighted by molar-refractivity contribution is 9.09. The third kappa shape index (κ3) is 7.13. The molecule has 108 valence electrons. The molecule has 0 radical (unpaired) electrons. The Morgan fingerprint density at radius 1 is 0.889 bits per heavy atom. The molecule has 0 N–H and O–H groups in total. The Balaban J connectivity index is 1.89. The van der Waals surface area contributed by atoms with Crippen LogP contribution in [0.1, 0.15) is 65.2 Å². The summed E-state index contributed by atoms with van der Waals surface area (Å²) in [6.07, 6.45) is 11.4. The highest BCUT2D eigenvalue weighted by atomic mass is 79.9. The van der Waals surface area contributed by atoms with E-state index in [0.717, 1.165) is 11.8 Å². The van der Waals surface area contributed by atoms with Gasteiger partial charge in [0.15, 0.2) is 0 Å². The normalized spacial score (nSPS) is 25.5. The molecule has 2 unspecified atom stereocenters. The molecule has 0 spiro atoms. The standard InChI is InChI=1S/C16H32BrN/c1-15-10-13-18(14-16(15)2)12-9-7-5-3-4-6-8-11-17/h15-16H,3-14H2,1-2H3. The van der Waals surface area contributed by atoms with Crippen molar-refractivity contribution in [2.45, 2.75) is 65.2 Å². The first-order chi connectivity index (χ1) is 8.74. The molecule has 1 heterocycles. The molecule has 2 heteroatoms. The van der Waals surface area contributed by atoms with Gasteiger partial charge in [-0.3, -0.25) is 0 Å². The first-order valence-electron chi connectivity index (χ1n) is 8.02. The fourth-order valence-electron chi connectivity index (χ4n) is 2.87. The molecular weight excluding hydrogens is 286 g/mol. The summed E-state index contributed by atoms with van der Waals surface area (Å²) >= 11 is 3.49. The van der Waals surface area contributed by atoms with Crippen LogP contribution in [0.4, 0.5) is 0 Å². The number of rotatable bonds is 9. The zero-order chi connectivity index (χ0) is 13.2. The quantitative estimate of drug-likeness (QED) is 0.423. The first-order valence-corrected chi connectivity index (χ1v) is 9.14. The minimum absolute atomic E-state index is 0.906. The molecule has 1 fully saturated rings. The van der Waals surface area contributed by atoms with Gasteiger partial charge in [-0.15, -0.1) is 0 Å². The van der Waals surface area contributed by atoms with E-state index in [1.54, 1.807) is 0 Å². The van der Waals surface area contributed by atoms with E-state index in [9.17, 15) is 0 Å². The van der Waals surface area contributed by atoms with E-state index in [2.05, 4.69) is 34.7 Å². The second kappa shape index (κ2) is 10.3. The minimum atomic E-state index is 0.906. The topological polar surface area (TPSA) is 3.24 Å². The molecule has 1 nitrogen and oxygen atoms in total. The van der Waals surface area contributed by atoms with Gasteiger partial charge in [0.1, 0.15) is 0 Å². The summed E-state index contributed by atoms with van der Waals surface area (Å²) in [4.78, 5) is 2.69. The Hall–Kier alpha value is 0.440. The molecule has 2 atom stereocenters. The molecule has 0 aliphatic carbocycles. The Morgan fingerprint density at radius 2 is 1.50 bits per heavy atom. The van der Waals surface area contributed by atoms with E-state index in [1.165, 1.54) is 76.3 Å². The van der Waals surface area contributed by atoms with Crippen LogP contribution in [0.5, 0.6) is 0 Å². The van der Waals surface area contributed by atoms with Gasteiger partial charge in [-0.25, -0.2) is 0 Å². The van der Waals surface area contributed by atoms with E-state index in [0.29, 0.717) is 0 Å². The molecule has 0 aromatic carbocycles. The minimum Gasteiger partial charge on any atom is -0.303 e. The number of unbranched alkanes of at least 4 members (excludes halogenated alkanes) is 6. The van der Waals surface area contributed by atoms with E-state index >= 15 is 0 Å². The van der Waals surface area contributed by atoms with Crippen LogP contribution in [0.25, 0.3) is 0 Å². The van der Waals surface area contributed by atoms with Gasteiger partial charge in [-0.05, 0) is 44.2 Å². The molecule has 0 aromatic rings. The fourth-order valence-corrected chi connectivity index (χ4v) is 3.26. The predicted octanol–water partition coefficient (Wildman–Crippen LogP) is 5.09. The van der Waals surface area contributed by atoms with Crippen molar-refractivity contribution in [2.24, 2.45) is 11.8 Å². The molecular formula is C16H32BrN. The van der Waals surface area contributed by atoms with Crippen molar-refractivity contribution >= 4 is 15.9 Å². The number of piperidine rings is 1. The zero-order valence-corrected chi connectivity index (χ0v) is 14.1. The maximum Gasteiger partial charge on any atom is 0.00313 e. The van der Waals surface area contributed by atoms with Gasteiger partial charge in [-0.1, -0.05) is 61.9 Å². The predicted molar refractivity (Wildman–Crippen MR) is 85.5 cm³/mol. The third-order valence-corrected chi connectivity index (χ3v) is 5.09. The van der Waals surface area contributed by atoms with Crippen LogP contribution in [0.3, 0.4) is 0 Å². The van der Waals surface area contributed by atoms with Gasteiger partial charge >= 0.3 is 0 Å². The second-order valence-corrected chi connectivity index (χ2v) is 7.00. The van der Waals surface area contributed by atoms with Crippen molar-refractivity contribution < 1.29 is 0 Å². The van der Waals surface area contributed by atoms with Gasteiger partial charge in [0.25, 0.3) is 0 Å². The number of hydrogen-bond donors (Lipinski definition) is 0. The van der Waals surface area contributed by atoms with Crippen molar-refractivity contribution in [1.82, 2.24) is 4.90 Å². The maximum atomic E-state index is 3.49. The molecule has 1 aliphatic rings. The van der Waals surface area contributed by atoms with Crippen LogP contribution >= 0.6 is 15.9 Å². The number of halogens is 1. The highest BCUT2D eigenvalue weighted by Crippen LogP contribution is 2.22. The fraction of sp³-hybridized carbons (Fsp3) is 1.00. The first kappa shape index (κ1) is 16.5. The Kier molecular flexibility index (Phi) is 9.40. The van der Waals surface area contributed by atoms with Crippen LogP contribution in [0, 0.1) is 11.8 Å². The van der Waals surface area contributed by atoms with E-state index < -0.39 is 0 Å². The lowest BCUT2D eigenvalue weighted by atomic mass is 9.88. The summed E-state index contributed by atoms with van der Waals surface area (Å²) in [5, 5.41) is 1.18. The van der Waals surface area contributed by atoms with Crippen molar-refractivity contribution in [3.05, 3.63) is 0 Å². The molecule has 0 saturated carbocycles. The van der Waals surface area contributed by atoms with Crippen LogP contribution < -0.4 is 0 Å². The number of alkyl halides is 1. The summed E-state index contributed by atoms with van der Waals surface area (Å²) in [7, 11) is 0. The van der Waals surface area contributed by atoms with Crippen LogP contribution in [-0.4, -0.2) is 29.9 Å². The molecule has 1 saturated heterocycles. The highest BCUT2D eigenvalue weighted by Gasteiger charge is 2.21. The molecule has 0 aromatic heterocycles. The van der Waals surface area contributed by atoms with Gasteiger partial charge in [0.05, 0.1) is 0 Å². The molecule has 0 amide bonds. The van der Waals surface area contributed by atoms with Crippen molar-refractivity contribution in [1.29, 1.82) is 0 Å². The van der Waals surface area contributed by atoms with E-state index in [1.807, 2.05) is 0 Å². The monoisotopic (exact) mass is 317 g/mol. The van der Waals surface area contributed by atoms with E-state index in [-0.39, 0.29) is 0 Å². The summed E-state index contributed by atoms with van der Waals surface area (Å²) in [6.45, 7) is 8.86. The molecule has 0 bridgehead atoms. The zero-order valence-electron chi connectivity index (χ0n) is 12.5. The van der Waals surface area contributed by atoms with Crippen LogP contribution in [-0.2, 0) is 0 Å². The summed E-state index contributed by atoms with van der Waals surface area (Å²) in [5.41, 5.74) is 0. The largest absolute Gasteiger partial charge is 0.303 e. The third-order valence-electron chi connectivity index (χ3n) is 4.53. The Morgan fingerprint density at radius 3 is 2.11 bits per heavy atom. The average Bonchev–Trinajstić information content (AvgIpc) is 2.37. The lowest BCUT2D eigenvalue weighted by molar-refractivity contribution is 0.136. The van der Waals surface area contributed by atoms with Gasteiger partial charge in [-0.2, -0.15) is 0 Å². The summed E-state index contributed by atoms with van der Waals surface area (Å²) in [5.74, 6) is 1.85. The van der Waals surface area contributed by atoms with Crippen LogP contribution in [0.2, 0.25) is 0 Å². The van der Waals surface area contributed by atoms with Gasteiger partial charge in [0, 0.05) is 11.9 Å². The van der Waals surface area contributed by atoms with Gasteiger partial charge < -0.3 is 4.90 Å². The number of hydrogen-bond acceptors (Lipinski definition) is 1. The summed E-state index contributed by atoms with van der Waals surface area (Å²) < 4.78 is 0. The number of likely N-dealkylation sites (tertiary alicyclic amines) is 1. The smallest absolute Gasteiger partial charge is 0.00313 e. The van der Waals surface area contributed by atoms with Gasteiger partial charge in [0.2, 0.25) is 0 Å². The van der Waals surface area contributed by atoms with Crippen LogP contribution in [0.15, 0.2) is 0 Å².